The summed E-state index contributed by atoms with van der Waals surface area (Å²) in [6.07, 6.45) is -0.463. The summed E-state index contributed by atoms with van der Waals surface area (Å²) in [5, 5.41) is 0. The Hall–Kier alpha value is -0.380. The molecule has 1 aliphatic rings. The second kappa shape index (κ2) is 3.56. The maximum absolute atomic E-state index is 12.5. The van der Waals surface area contributed by atoms with Crippen molar-refractivity contribution in [2.24, 2.45) is 0 Å². The van der Waals surface area contributed by atoms with Crippen molar-refractivity contribution in [2.75, 3.05) is 0 Å². The van der Waals surface area contributed by atoms with Crippen LogP contribution in [0.2, 0.25) is 0 Å². The summed E-state index contributed by atoms with van der Waals surface area (Å²) in [5.74, 6) is -2.59. The summed E-state index contributed by atoms with van der Waals surface area (Å²) in [7, 11) is 0. The van der Waals surface area contributed by atoms with Gasteiger partial charge in [0.1, 0.15) is 6.10 Å². The number of carbonyl (C=O) groups excluding carboxylic acids is 1. The quantitative estimate of drug-likeness (QED) is 0.606. The van der Waals surface area contributed by atoms with Crippen LogP contribution in [0, 0.1) is 0 Å². The maximum atomic E-state index is 12.5. The zero-order chi connectivity index (χ0) is 9.19. The Kier molecular flexibility index (Phi) is 2.88. The van der Waals surface area contributed by atoms with Gasteiger partial charge in [0.05, 0.1) is 0 Å². The van der Waals surface area contributed by atoms with Crippen molar-refractivity contribution >= 4 is 17.0 Å². The summed E-state index contributed by atoms with van der Waals surface area (Å²) in [6, 6.07) is 0. The second-order valence-corrected chi connectivity index (χ2v) is 3.22. The van der Waals surface area contributed by atoms with Gasteiger partial charge in [-0.25, -0.2) is 13.6 Å². The van der Waals surface area contributed by atoms with Crippen LogP contribution in [0.25, 0.3) is 0 Å². The predicted octanol–water partition coefficient (Wildman–Crippen LogP) is 2.94. The van der Waals surface area contributed by atoms with Gasteiger partial charge in [-0.1, -0.05) is 0 Å². The lowest BCUT2D eigenvalue weighted by Gasteiger charge is -2.27. The molecule has 0 aromatic heterocycles. The first-order valence-electron chi connectivity index (χ1n) is 3.73. The Balaban J connectivity index is 2.31. The Morgan fingerprint density at radius 3 is 2.33 bits per heavy atom. The minimum atomic E-state index is -2.59. The van der Waals surface area contributed by atoms with E-state index in [-0.39, 0.29) is 25.7 Å². The fourth-order valence-electron chi connectivity index (χ4n) is 1.26. The molecule has 0 spiro atoms. The maximum Gasteiger partial charge on any atom is 0.404 e. The third-order valence-corrected chi connectivity index (χ3v) is 2.01. The molecule has 1 fully saturated rings. The van der Waals surface area contributed by atoms with Gasteiger partial charge in [-0.3, -0.25) is 0 Å². The normalized spacial score (nSPS) is 23.6. The van der Waals surface area contributed by atoms with E-state index in [2.05, 4.69) is 4.74 Å². The highest BCUT2D eigenvalue weighted by molar-refractivity contribution is 6.61. The van der Waals surface area contributed by atoms with E-state index in [9.17, 15) is 13.6 Å². The van der Waals surface area contributed by atoms with Crippen molar-refractivity contribution < 1.29 is 18.3 Å². The molecule has 5 heteroatoms. The minimum absolute atomic E-state index is 0.200. The SMILES string of the molecule is O=C(Cl)OC1CCC(F)(F)CC1. The number of ether oxygens (including phenoxy) is 1. The molecule has 0 heterocycles. The van der Waals surface area contributed by atoms with Gasteiger partial charge in [-0.05, 0) is 12.8 Å². The molecule has 0 N–H and O–H groups in total. The van der Waals surface area contributed by atoms with Crippen LogP contribution in [0.5, 0.6) is 0 Å². The van der Waals surface area contributed by atoms with Gasteiger partial charge in [0.15, 0.2) is 0 Å². The first-order valence-corrected chi connectivity index (χ1v) is 4.11. The number of carbonyl (C=O) groups is 1. The van der Waals surface area contributed by atoms with Crippen molar-refractivity contribution in [2.45, 2.75) is 37.7 Å². The highest BCUT2D eigenvalue weighted by Crippen LogP contribution is 2.34. The smallest absolute Gasteiger partial charge is 0.404 e. The Bertz CT molecular complexity index is 174. The van der Waals surface area contributed by atoms with Gasteiger partial charge >= 0.3 is 5.43 Å². The first-order chi connectivity index (χ1) is 5.49. The van der Waals surface area contributed by atoms with Gasteiger partial charge in [0, 0.05) is 24.4 Å². The first kappa shape index (κ1) is 9.71. The van der Waals surface area contributed by atoms with E-state index in [4.69, 9.17) is 11.6 Å². The number of alkyl halides is 2. The Morgan fingerprint density at radius 2 is 1.92 bits per heavy atom. The van der Waals surface area contributed by atoms with E-state index in [1.807, 2.05) is 0 Å². The molecule has 0 amide bonds. The van der Waals surface area contributed by atoms with Crippen molar-refractivity contribution in [1.29, 1.82) is 0 Å². The lowest BCUT2D eigenvalue weighted by atomic mass is 9.94. The van der Waals surface area contributed by atoms with Crippen LogP contribution in [0.1, 0.15) is 25.7 Å². The number of hydrogen-bond donors (Lipinski definition) is 0. The van der Waals surface area contributed by atoms with Gasteiger partial charge < -0.3 is 4.74 Å². The van der Waals surface area contributed by atoms with Crippen LogP contribution in [0.15, 0.2) is 0 Å². The van der Waals surface area contributed by atoms with Gasteiger partial charge in [-0.15, -0.1) is 0 Å². The van der Waals surface area contributed by atoms with Crippen molar-refractivity contribution in [3.63, 3.8) is 0 Å². The fourth-order valence-corrected chi connectivity index (χ4v) is 1.39. The molecule has 0 radical (unpaired) electrons. The fraction of sp³-hybridized carbons (Fsp3) is 0.857. The van der Waals surface area contributed by atoms with Crippen molar-refractivity contribution in [3.8, 4) is 0 Å². The van der Waals surface area contributed by atoms with E-state index in [1.54, 1.807) is 0 Å². The Labute approximate surface area is 73.8 Å². The van der Waals surface area contributed by atoms with Crippen molar-refractivity contribution in [1.82, 2.24) is 0 Å². The molecule has 2 nitrogen and oxygen atoms in total. The second-order valence-electron chi connectivity index (χ2n) is 2.91. The molecule has 0 atom stereocenters. The molecule has 0 unspecified atom stereocenters. The van der Waals surface area contributed by atoms with Crippen LogP contribution in [0.4, 0.5) is 13.6 Å². The zero-order valence-electron chi connectivity index (χ0n) is 6.36. The van der Waals surface area contributed by atoms with E-state index in [0.717, 1.165) is 0 Å². The van der Waals surface area contributed by atoms with E-state index < -0.39 is 17.5 Å². The number of rotatable bonds is 1. The highest BCUT2D eigenvalue weighted by Gasteiger charge is 2.36. The Morgan fingerprint density at radius 1 is 1.42 bits per heavy atom. The summed E-state index contributed by atoms with van der Waals surface area (Å²) < 4.78 is 29.7. The van der Waals surface area contributed by atoms with E-state index >= 15 is 0 Å². The van der Waals surface area contributed by atoms with Crippen LogP contribution in [0.3, 0.4) is 0 Å². The summed E-state index contributed by atoms with van der Waals surface area (Å²) in [6.45, 7) is 0. The minimum Gasteiger partial charge on any atom is -0.450 e. The topological polar surface area (TPSA) is 26.3 Å². The molecular formula is C7H9ClF2O2. The number of halogens is 3. The summed E-state index contributed by atoms with van der Waals surface area (Å²) in [5.41, 5.74) is -0.912. The third kappa shape index (κ3) is 2.93. The van der Waals surface area contributed by atoms with Crippen molar-refractivity contribution in [3.05, 3.63) is 0 Å². The average Bonchev–Trinajstić information content (AvgIpc) is 1.93. The molecule has 12 heavy (non-hydrogen) atoms. The molecular weight excluding hydrogens is 190 g/mol. The molecule has 0 aromatic carbocycles. The van der Waals surface area contributed by atoms with Crippen LogP contribution in [-0.2, 0) is 4.74 Å². The highest BCUT2D eigenvalue weighted by atomic mass is 35.5. The lowest BCUT2D eigenvalue weighted by Crippen LogP contribution is -2.29. The molecule has 1 rings (SSSR count). The van der Waals surface area contributed by atoms with E-state index in [1.165, 1.54) is 0 Å². The molecule has 0 bridgehead atoms. The van der Waals surface area contributed by atoms with E-state index in [0.29, 0.717) is 0 Å². The predicted molar refractivity (Wildman–Crippen MR) is 39.5 cm³/mol. The lowest BCUT2D eigenvalue weighted by molar-refractivity contribution is -0.0631. The number of hydrogen-bond acceptors (Lipinski definition) is 2. The molecule has 0 aromatic rings. The van der Waals surface area contributed by atoms with Gasteiger partial charge in [0.25, 0.3) is 0 Å². The van der Waals surface area contributed by atoms with Crippen LogP contribution in [-0.4, -0.2) is 17.5 Å². The molecule has 0 aliphatic heterocycles. The van der Waals surface area contributed by atoms with Crippen LogP contribution >= 0.6 is 11.6 Å². The standard InChI is InChI=1S/C7H9ClF2O2/c8-6(11)12-5-1-3-7(9,10)4-2-5/h5H,1-4H2. The molecule has 1 saturated carbocycles. The van der Waals surface area contributed by atoms with Gasteiger partial charge in [-0.2, -0.15) is 0 Å². The summed E-state index contributed by atoms with van der Waals surface area (Å²) in [4.78, 5) is 10.2. The van der Waals surface area contributed by atoms with Crippen LogP contribution < -0.4 is 0 Å². The molecule has 0 saturated heterocycles. The molecule has 70 valence electrons. The largest absolute Gasteiger partial charge is 0.450 e. The monoisotopic (exact) mass is 198 g/mol. The van der Waals surface area contributed by atoms with Gasteiger partial charge in [0.2, 0.25) is 5.92 Å². The average molecular weight is 199 g/mol. The third-order valence-electron chi connectivity index (χ3n) is 1.92. The molecule has 1 aliphatic carbocycles. The zero-order valence-corrected chi connectivity index (χ0v) is 7.11. The summed E-state index contributed by atoms with van der Waals surface area (Å²) >= 11 is 4.93.